The molecular weight excluding hydrogens is 236 g/mol. The predicted molar refractivity (Wildman–Crippen MR) is 74.0 cm³/mol. The Kier molecular flexibility index (Phi) is 2.99. The van der Waals surface area contributed by atoms with Crippen molar-refractivity contribution in [2.45, 2.75) is 0 Å². The van der Waals surface area contributed by atoms with Crippen molar-refractivity contribution in [1.82, 2.24) is 0 Å². The monoisotopic (exact) mass is 248 g/mol. The van der Waals surface area contributed by atoms with Crippen molar-refractivity contribution >= 4 is 5.78 Å². The number of ketones is 1. The predicted octanol–water partition coefficient (Wildman–Crippen LogP) is 4.18. The highest BCUT2D eigenvalue weighted by Gasteiger charge is 2.13. The van der Waals surface area contributed by atoms with Gasteiger partial charge >= 0.3 is 0 Å². The van der Waals surface area contributed by atoms with E-state index in [0.717, 1.165) is 5.56 Å². The zero-order chi connectivity index (χ0) is 13.1. The molecule has 0 atom stereocenters. The second kappa shape index (κ2) is 4.94. The second-order valence-electron chi connectivity index (χ2n) is 4.23. The van der Waals surface area contributed by atoms with E-state index in [2.05, 4.69) is 0 Å². The van der Waals surface area contributed by atoms with E-state index in [0.29, 0.717) is 17.1 Å². The number of carbonyl (C=O) groups excluding carboxylic acids is 1. The molecule has 0 radical (unpaired) electrons. The van der Waals surface area contributed by atoms with Crippen LogP contribution in [0, 0.1) is 0 Å². The van der Waals surface area contributed by atoms with Gasteiger partial charge < -0.3 is 4.42 Å². The van der Waals surface area contributed by atoms with Gasteiger partial charge in [0.15, 0.2) is 5.76 Å². The number of hydrogen-bond acceptors (Lipinski definition) is 2. The highest BCUT2D eigenvalue weighted by Crippen LogP contribution is 2.23. The number of benzene rings is 2. The minimum absolute atomic E-state index is 0.0946. The van der Waals surface area contributed by atoms with Crippen LogP contribution in [0.1, 0.15) is 16.1 Å². The summed E-state index contributed by atoms with van der Waals surface area (Å²) in [6.07, 6.45) is 0. The second-order valence-corrected chi connectivity index (χ2v) is 4.23. The molecule has 0 unspecified atom stereocenters. The number of rotatable bonds is 3. The summed E-state index contributed by atoms with van der Waals surface area (Å²) in [4.78, 5) is 12.2. The number of carbonyl (C=O) groups is 1. The van der Waals surface area contributed by atoms with Crippen LogP contribution in [0.5, 0.6) is 0 Å². The lowest BCUT2D eigenvalue weighted by atomic mass is 10.1. The summed E-state index contributed by atoms with van der Waals surface area (Å²) in [5.74, 6) is 0.979. The van der Waals surface area contributed by atoms with Gasteiger partial charge in [-0.2, -0.15) is 0 Å². The van der Waals surface area contributed by atoms with Crippen LogP contribution in [-0.4, -0.2) is 5.78 Å². The third kappa shape index (κ3) is 2.33. The van der Waals surface area contributed by atoms with Crippen LogP contribution in [0.4, 0.5) is 0 Å². The van der Waals surface area contributed by atoms with Crippen molar-refractivity contribution < 1.29 is 9.21 Å². The number of furan rings is 1. The Morgan fingerprint density at radius 2 is 1.37 bits per heavy atom. The van der Waals surface area contributed by atoms with Crippen LogP contribution in [-0.2, 0) is 0 Å². The van der Waals surface area contributed by atoms with Crippen LogP contribution in [0.25, 0.3) is 11.3 Å². The molecule has 2 aromatic carbocycles. The highest BCUT2D eigenvalue weighted by molar-refractivity contribution is 6.07. The molecule has 3 aromatic rings. The minimum Gasteiger partial charge on any atom is -0.453 e. The number of hydrogen-bond donors (Lipinski definition) is 0. The molecule has 0 saturated carbocycles. The van der Waals surface area contributed by atoms with E-state index >= 15 is 0 Å². The van der Waals surface area contributed by atoms with Crippen LogP contribution >= 0.6 is 0 Å². The summed E-state index contributed by atoms with van der Waals surface area (Å²) in [5, 5.41) is 0. The molecular formula is C17H12O2. The summed E-state index contributed by atoms with van der Waals surface area (Å²) in [5.41, 5.74) is 1.60. The maximum absolute atomic E-state index is 12.2. The first kappa shape index (κ1) is 11.5. The molecule has 0 fully saturated rings. The Morgan fingerprint density at radius 1 is 0.737 bits per heavy atom. The molecule has 1 heterocycles. The van der Waals surface area contributed by atoms with Crippen molar-refractivity contribution in [1.29, 1.82) is 0 Å². The fourth-order valence-corrected chi connectivity index (χ4v) is 1.95. The van der Waals surface area contributed by atoms with E-state index in [9.17, 15) is 4.79 Å². The summed E-state index contributed by atoms with van der Waals surface area (Å²) in [6, 6.07) is 22.4. The first-order chi connectivity index (χ1) is 9.34. The summed E-state index contributed by atoms with van der Waals surface area (Å²) >= 11 is 0. The van der Waals surface area contributed by atoms with Gasteiger partial charge in [0.2, 0.25) is 5.78 Å². The summed E-state index contributed by atoms with van der Waals surface area (Å²) in [7, 11) is 0. The van der Waals surface area contributed by atoms with Gasteiger partial charge in [0, 0.05) is 11.1 Å². The molecule has 19 heavy (non-hydrogen) atoms. The molecule has 2 heteroatoms. The van der Waals surface area contributed by atoms with Crippen molar-refractivity contribution in [3.63, 3.8) is 0 Å². The molecule has 0 spiro atoms. The molecule has 92 valence electrons. The molecule has 0 aliphatic heterocycles. The van der Waals surface area contributed by atoms with Crippen molar-refractivity contribution in [3.8, 4) is 11.3 Å². The topological polar surface area (TPSA) is 30.2 Å². The van der Waals surface area contributed by atoms with Gasteiger partial charge in [-0.15, -0.1) is 0 Å². The Bertz CT molecular complexity index is 682. The Morgan fingerprint density at radius 3 is 2.05 bits per heavy atom. The quantitative estimate of drug-likeness (QED) is 0.651. The lowest BCUT2D eigenvalue weighted by Gasteiger charge is -1.98. The lowest BCUT2D eigenvalue weighted by Crippen LogP contribution is -1.98. The SMILES string of the molecule is O=C(c1ccccc1)c1ccc(-c2ccccc2)o1. The van der Waals surface area contributed by atoms with Gasteiger partial charge in [-0.05, 0) is 12.1 Å². The smallest absolute Gasteiger partial charge is 0.228 e. The molecule has 0 N–H and O–H groups in total. The lowest BCUT2D eigenvalue weighted by molar-refractivity contribution is 0.101. The van der Waals surface area contributed by atoms with E-state index in [1.165, 1.54) is 0 Å². The minimum atomic E-state index is -0.0946. The zero-order valence-corrected chi connectivity index (χ0v) is 10.2. The molecule has 0 saturated heterocycles. The van der Waals surface area contributed by atoms with E-state index in [4.69, 9.17) is 4.42 Å². The fourth-order valence-electron chi connectivity index (χ4n) is 1.95. The third-order valence-electron chi connectivity index (χ3n) is 2.92. The third-order valence-corrected chi connectivity index (χ3v) is 2.92. The van der Waals surface area contributed by atoms with E-state index in [1.54, 1.807) is 18.2 Å². The van der Waals surface area contributed by atoms with Gasteiger partial charge in [0.1, 0.15) is 5.76 Å². The average molecular weight is 248 g/mol. The average Bonchev–Trinajstić information content (AvgIpc) is 2.98. The molecule has 0 bridgehead atoms. The van der Waals surface area contributed by atoms with Crippen LogP contribution in [0.3, 0.4) is 0 Å². The Labute approximate surface area is 111 Å². The normalized spacial score (nSPS) is 10.3. The molecule has 0 aliphatic carbocycles. The highest BCUT2D eigenvalue weighted by atomic mass is 16.3. The van der Waals surface area contributed by atoms with Gasteiger partial charge in [0.05, 0.1) is 0 Å². The summed E-state index contributed by atoms with van der Waals surface area (Å²) in [6.45, 7) is 0. The van der Waals surface area contributed by atoms with E-state index in [1.807, 2.05) is 54.6 Å². The van der Waals surface area contributed by atoms with Crippen LogP contribution < -0.4 is 0 Å². The zero-order valence-electron chi connectivity index (χ0n) is 10.2. The van der Waals surface area contributed by atoms with Crippen molar-refractivity contribution in [3.05, 3.63) is 84.1 Å². The Balaban J connectivity index is 1.92. The first-order valence-electron chi connectivity index (χ1n) is 6.09. The molecule has 0 amide bonds. The molecule has 2 nitrogen and oxygen atoms in total. The van der Waals surface area contributed by atoms with Gasteiger partial charge in [-0.1, -0.05) is 60.7 Å². The summed E-state index contributed by atoms with van der Waals surface area (Å²) < 4.78 is 5.64. The first-order valence-corrected chi connectivity index (χ1v) is 6.09. The molecule has 0 aliphatic rings. The van der Waals surface area contributed by atoms with Gasteiger partial charge in [-0.25, -0.2) is 0 Å². The van der Waals surface area contributed by atoms with Crippen molar-refractivity contribution in [2.75, 3.05) is 0 Å². The Hall–Kier alpha value is -2.61. The van der Waals surface area contributed by atoms with Crippen LogP contribution in [0.15, 0.2) is 77.2 Å². The maximum Gasteiger partial charge on any atom is 0.228 e. The standard InChI is InChI=1S/C17H12O2/c18-17(14-9-5-2-6-10-14)16-12-11-15(19-16)13-7-3-1-4-8-13/h1-12H. The van der Waals surface area contributed by atoms with E-state index in [-0.39, 0.29) is 5.78 Å². The molecule has 1 aromatic heterocycles. The maximum atomic E-state index is 12.2. The largest absolute Gasteiger partial charge is 0.453 e. The van der Waals surface area contributed by atoms with Gasteiger partial charge in [0.25, 0.3) is 0 Å². The fraction of sp³-hybridized carbons (Fsp3) is 0. The van der Waals surface area contributed by atoms with Crippen LogP contribution in [0.2, 0.25) is 0 Å². The van der Waals surface area contributed by atoms with Crippen molar-refractivity contribution in [2.24, 2.45) is 0 Å². The van der Waals surface area contributed by atoms with Gasteiger partial charge in [-0.3, -0.25) is 4.79 Å². The molecule has 3 rings (SSSR count). The van der Waals surface area contributed by atoms with E-state index < -0.39 is 0 Å².